The number of aromatic nitrogens is 1. The Morgan fingerprint density at radius 2 is 1.72 bits per heavy atom. The molecule has 0 amide bonds. The number of alkyl halides is 3. The second kappa shape index (κ2) is 5.95. The lowest BCUT2D eigenvalue weighted by atomic mass is 10.0. The van der Waals surface area contributed by atoms with Crippen molar-refractivity contribution in [2.75, 3.05) is 0 Å². The fourth-order valence-electron chi connectivity index (χ4n) is 2.87. The Labute approximate surface area is 142 Å². The molecule has 1 aromatic heterocycles. The van der Waals surface area contributed by atoms with Gasteiger partial charge in [-0.05, 0) is 53.9 Å². The third-order valence-corrected chi connectivity index (χ3v) is 4.18. The molecule has 0 unspecified atom stereocenters. The first-order valence-electron chi connectivity index (χ1n) is 7.74. The highest BCUT2D eigenvalue weighted by molar-refractivity contribution is 5.95. The minimum Gasteiger partial charge on any atom is -0.478 e. The van der Waals surface area contributed by atoms with Crippen molar-refractivity contribution in [3.8, 4) is 5.69 Å². The number of fused-ring (bicyclic) bond motifs is 1. The van der Waals surface area contributed by atoms with E-state index in [-0.39, 0.29) is 11.5 Å². The van der Waals surface area contributed by atoms with Gasteiger partial charge in [-0.1, -0.05) is 13.8 Å². The molecule has 0 saturated heterocycles. The van der Waals surface area contributed by atoms with E-state index < -0.39 is 17.7 Å². The molecule has 0 aliphatic rings. The van der Waals surface area contributed by atoms with E-state index in [0.29, 0.717) is 5.69 Å². The summed E-state index contributed by atoms with van der Waals surface area (Å²) in [6.45, 7) is 3.97. The highest BCUT2D eigenvalue weighted by Crippen LogP contribution is 2.33. The molecular formula is C19H16F3NO2. The molecule has 3 rings (SSSR count). The van der Waals surface area contributed by atoms with Crippen LogP contribution in [0.2, 0.25) is 0 Å². The molecule has 0 spiro atoms. The van der Waals surface area contributed by atoms with E-state index in [1.807, 2.05) is 20.0 Å². The van der Waals surface area contributed by atoms with Crippen LogP contribution in [-0.2, 0) is 6.18 Å². The SMILES string of the molecule is CC(C)c1cn(-c2ccc(C(F)(F)F)cc2)c2ccc(C(=O)O)cc12. The molecular weight excluding hydrogens is 331 g/mol. The Kier molecular flexibility index (Phi) is 4.06. The van der Waals surface area contributed by atoms with Crippen molar-refractivity contribution in [2.45, 2.75) is 25.9 Å². The molecule has 0 radical (unpaired) electrons. The number of hydrogen-bond donors (Lipinski definition) is 1. The standard InChI is InChI=1S/C19H16F3NO2/c1-11(2)16-10-23(14-6-4-13(5-7-14)19(20,21)22)17-8-3-12(18(24)25)9-15(16)17/h3-11H,1-2H3,(H,24,25). The smallest absolute Gasteiger partial charge is 0.416 e. The van der Waals surface area contributed by atoms with Gasteiger partial charge >= 0.3 is 12.1 Å². The van der Waals surface area contributed by atoms with E-state index in [9.17, 15) is 23.1 Å². The average molecular weight is 347 g/mol. The lowest BCUT2D eigenvalue weighted by molar-refractivity contribution is -0.137. The van der Waals surface area contributed by atoms with Crippen molar-refractivity contribution in [1.29, 1.82) is 0 Å². The first kappa shape index (κ1) is 17.1. The Morgan fingerprint density at radius 3 is 2.24 bits per heavy atom. The normalized spacial score (nSPS) is 12.1. The summed E-state index contributed by atoms with van der Waals surface area (Å²) in [7, 11) is 0. The van der Waals surface area contributed by atoms with Gasteiger partial charge in [0, 0.05) is 17.3 Å². The molecule has 0 atom stereocenters. The maximum atomic E-state index is 12.7. The minimum atomic E-state index is -4.38. The van der Waals surface area contributed by atoms with Crippen LogP contribution in [0.1, 0.15) is 41.3 Å². The Balaban J connectivity index is 2.18. The quantitative estimate of drug-likeness (QED) is 0.682. The van der Waals surface area contributed by atoms with E-state index in [0.717, 1.165) is 28.6 Å². The Bertz CT molecular complexity index is 938. The van der Waals surface area contributed by atoms with Crippen molar-refractivity contribution in [1.82, 2.24) is 4.57 Å². The van der Waals surface area contributed by atoms with Gasteiger partial charge in [0.05, 0.1) is 16.6 Å². The van der Waals surface area contributed by atoms with Gasteiger partial charge in [0.1, 0.15) is 0 Å². The molecule has 0 aliphatic heterocycles. The van der Waals surface area contributed by atoms with E-state index in [4.69, 9.17) is 0 Å². The van der Waals surface area contributed by atoms with Gasteiger partial charge in [-0.2, -0.15) is 13.2 Å². The van der Waals surface area contributed by atoms with Crippen LogP contribution >= 0.6 is 0 Å². The van der Waals surface area contributed by atoms with Crippen molar-refractivity contribution >= 4 is 16.9 Å². The fourth-order valence-corrected chi connectivity index (χ4v) is 2.87. The van der Waals surface area contributed by atoms with Crippen LogP contribution in [0.5, 0.6) is 0 Å². The lowest BCUT2D eigenvalue weighted by Crippen LogP contribution is -2.04. The summed E-state index contributed by atoms with van der Waals surface area (Å²) in [4.78, 5) is 11.2. The largest absolute Gasteiger partial charge is 0.478 e. The van der Waals surface area contributed by atoms with E-state index in [1.54, 1.807) is 16.7 Å². The van der Waals surface area contributed by atoms with Gasteiger partial charge in [-0.25, -0.2) is 4.79 Å². The van der Waals surface area contributed by atoms with Crippen molar-refractivity contribution in [3.05, 3.63) is 65.4 Å². The second-order valence-electron chi connectivity index (χ2n) is 6.19. The van der Waals surface area contributed by atoms with Gasteiger partial charge in [0.15, 0.2) is 0 Å². The molecule has 130 valence electrons. The van der Waals surface area contributed by atoms with Gasteiger partial charge in [0.2, 0.25) is 0 Å². The Morgan fingerprint density at radius 1 is 1.08 bits per heavy atom. The zero-order valence-electron chi connectivity index (χ0n) is 13.6. The van der Waals surface area contributed by atoms with Crippen LogP contribution in [0.4, 0.5) is 13.2 Å². The first-order valence-corrected chi connectivity index (χ1v) is 7.74. The summed E-state index contributed by atoms with van der Waals surface area (Å²) in [6, 6.07) is 9.70. The highest BCUT2D eigenvalue weighted by Gasteiger charge is 2.30. The van der Waals surface area contributed by atoms with Crippen LogP contribution in [-0.4, -0.2) is 15.6 Å². The molecule has 0 fully saturated rings. The molecule has 0 bridgehead atoms. The number of hydrogen-bond acceptors (Lipinski definition) is 1. The third kappa shape index (κ3) is 3.12. The molecule has 0 saturated carbocycles. The monoisotopic (exact) mass is 347 g/mol. The zero-order valence-corrected chi connectivity index (χ0v) is 13.6. The number of aromatic carboxylic acids is 1. The van der Waals surface area contributed by atoms with Crippen LogP contribution in [0.25, 0.3) is 16.6 Å². The molecule has 6 heteroatoms. The molecule has 1 N–H and O–H groups in total. The number of rotatable bonds is 3. The minimum absolute atomic E-state index is 0.141. The van der Waals surface area contributed by atoms with Crippen LogP contribution in [0, 0.1) is 0 Å². The first-order chi connectivity index (χ1) is 11.7. The molecule has 3 aromatic rings. The molecule has 3 nitrogen and oxygen atoms in total. The third-order valence-electron chi connectivity index (χ3n) is 4.18. The van der Waals surface area contributed by atoms with Crippen molar-refractivity contribution in [2.24, 2.45) is 0 Å². The maximum absolute atomic E-state index is 12.7. The number of carbonyl (C=O) groups is 1. The van der Waals surface area contributed by atoms with E-state index in [1.165, 1.54) is 18.2 Å². The van der Waals surface area contributed by atoms with Crippen molar-refractivity contribution in [3.63, 3.8) is 0 Å². The predicted octanol–water partition coefficient (Wildman–Crippen LogP) is 5.47. The van der Waals surface area contributed by atoms with Crippen LogP contribution in [0.15, 0.2) is 48.7 Å². The van der Waals surface area contributed by atoms with E-state index in [2.05, 4.69) is 0 Å². The lowest BCUT2D eigenvalue weighted by Gasteiger charge is -2.09. The number of carboxylic acids is 1. The highest BCUT2D eigenvalue weighted by atomic mass is 19.4. The van der Waals surface area contributed by atoms with E-state index >= 15 is 0 Å². The number of carboxylic acid groups (broad SMARTS) is 1. The fraction of sp³-hybridized carbons (Fsp3) is 0.211. The second-order valence-corrected chi connectivity index (χ2v) is 6.19. The Hall–Kier alpha value is -2.76. The average Bonchev–Trinajstić information content (AvgIpc) is 2.93. The predicted molar refractivity (Wildman–Crippen MR) is 89.3 cm³/mol. The molecule has 2 aromatic carbocycles. The van der Waals surface area contributed by atoms with Gasteiger partial charge in [0.25, 0.3) is 0 Å². The van der Waals surface area contributed by atoms with Crippen LogP contribution < -0.4 is 0 Å². The molecule has 25 heavy (non-hydrogen) atoms. The summed E-state index contributed by atoms with van der Waals surface area (Å²) in [5.74, 6) is -0.874. The number of halogens is 3. The van der Waals surface area contributed by atoms with Crippen LogP contribution in [0.3, 0.4) is 0 Å². The maximum Gasteiger partial charge on any atom is 0.416 e. The summed E-state index contributed by atoms with van der Waals surface area (Å²) < 4.78 is 40.0. The summed E-state index contributed by atoms with van der Waals surface area (Å²) in [5.41, 5.74) is 1.77. The van der Waals surface area contributed by atoms with Gasteiger partial charge in [-0.3, -0.25) is 0 Å². The number of benzene rings is 2. The summed E-state index contributed by atoms with van der Waals surface area (Å²) in [6.07, 6.45) is -2.53. The van der Waals surface area contributed by atoms with Crippen molar-refractivity contribution < 1.29 is 23.1 Å². The summed E-state index contributed by atoms with van der Waals surface area (Å²) >= 11 is 0. The van der Waals surface area contributed by atoms with Gasteiger partial charge < -0.3 is 9.67 Å². The summed E-state index contributed by atoms with van der Waals surface area (Å²) in [5, 5.41) is 9.98. The molecule has 0 aliphatic carbocycles. The topological polar surface area (TPSA) is 42.2 Å². The van der Waals surface area contributed by atoms with Gasteiger partial charge in [-0.15, -0.1) is 0 Å². The molecule has 1 heterocycles. The number of nitrogens with zero attached hydrogens (tertiary/aromatic N) is 1. The zero-order chi connectivity index (χ0) is 18.4.